The largest absolute Gasteiger partial charge is 0.373 e. The second kappa shape index (κ2) is 9.52. The Labute approximate surface area is 158 Å². The summed E-state index contributed by atoms with van der Waals surface area (Å²) < 4.78 is 5.55. The van der Waals surface area contributed by atoms with Crippen molar-refractivity contribution in [1.82, 2.24) is 9.88 Å². The van der Waals surface area contributed by atoms with Gasteiger partial charge in [-0.05, 0) is 17.7 Å². The van der Waals surface area contributed by atoms with Crippen LogP contribution >= 0.6 is 11.8 Å². The van der Waals surface area contributed by atoms with Crippen molar-refractivity contribution in [1.29, 1.82) is 0 Å². The molecule has 2 aromatic rings. The molecule has 26 heavy (non-hydrogen) atoms. The molecule has 1 aromatic carbocycles. The average molecular weight is 369 g/mol. The van der Waals surface area contributed by atoms with Crippen molar-refractivity contribution in [3.8, 4) is 0 Å². The van der Waals surface area contributed by atoms with Gasteiger partial charge >= 0.3 is 0 Å². The molecule has 1 unspecified atom stereocenters. The zero-order valence-electron chi connectivity index (χ0n) is 14.6. The number of amides is 1. The highest BCUT2D eigenvalue weighted by atomic mass is 32.2. The number of ether oxygens (including phenoxy) is 1. The molecule has 1 fully saturated rings. The quantitative estimate of drug-likeness (QED) is 0.793. The molecule has 0 bridgehead atoms. The van der Waals surface area contributed by atoms with Crippen LogP contribution < -0.4 is 5.73 Å². The molecular weight excluding hydrogens is 346 g/mol. The standard InChI is InChI=1S/C20H23N3O2S/c21-14-17-15-23(11-12-25-17)20(24)18-9-4-10-22-19(18)26-13-5-8-16-6-2-1-3-7-16/h1-10,17H,11-15,21H2/b8-5+. The van der Waals surface area contributed by atoms with Crippen LogP contribution in [-0.2, 0) is 4.74 Å². The zero-order valence-corrected chi connectivity index (χ0v) is 15.4. The van der Waals surface area contributed by atoms with Crippen LogP contribution in [0.3, 0.4) is 0 Å². The first-order valence-electron chi connectivity index (χ1n) is 8.68. The van der Waals surface area contributed by atoms with Crippen LogP contribution in [0.2, 0.25) is 0 Å². The van der Waals surface area contributed by atoms with Gasteiger partial charge in [-0.15, -0.1) is 11.8 Å². The molecule has 6 heteroatoms. The molecule has 1 atom stereocenters. The maximum absolute atomic E-state index is 12.9. The number of aromatic nitrogens is 1. The molecule has 0 spiro atoms. The van der Waals surface area contributed by atoms with Gasteiger partial charge in [-0.25, -0.2) is 4.98 Å². The maximum Gasteiger partial charge on any atom is 0.256 e. The Kier molecular flexibility index (Phi) is 6.82. The lowest BCUT2D eigenvalue weighted by Gasteiger charge is -2.32. The minimum absolute atomic E-state index is 0.00520. The highest BCUT2D eigenvalue weighted by Crippen LogP contribution is 2.22. The summed E-state index contributed by atoms with van der Waals surface area (Å²) >= 11 is 1.56. The Morgan fingerprint density at radius 3 is 2.96 bits per heavy atom. The molecule has 0 saturated carbocycles. The fourth-order valence-electron chi connectivity index (χ4n) is 2.76. The number of benzene rings is 1. The molecule has 1 aliphatic heterocycles. The third-order valence-corrected chi connectivity index (χ3v) is 5.07. The summed E-state index contributed by atoms with van der Waals surface area (Å²) in [5.74, 6) is 0.746. The third kappa shape index (κ3) is 4.94. The number of hydrogen-bond acceptors (Lipinski definition) is 5. The first-order chi connectivity index (χ1) is 12.8. The van der Waals surface area contributed by atoms with E-state index in [-0.39, 0.29) is 12.0 Å². The van der Waals surface area contributed by atoms with Crippen molar-refractivity contribution in [3.05, 3.63) is 65.9 Å². The first kappa shape index (κ1) is 18.6. The summed E-state index contributed by atoms with van der Waals surface area (Å²) in [5, 5.41) is 0.756. The molecule has 1 aromatic heterocycles. The lowest BCUT2D eigenvalue weighted by atomic mass is 10.2. The van der Waals surface area contributed by atoms with Gasteiger partial charge in [0.15, 0.2) is 0 Å². The highest BCUT2D eigenvalue weighted by molar-refractivity contribution is 7.99. The number of nitrogens with zero attached hydrogens (tertiary/aromatic N) is 2. The third-order valence-electron chi connectivity index (χ3n) is 4.12. The number of hydrogen-bond donors (Lipinski definition) is 1. The molecule has 2 heterocycles. The highest BCUT2D eigenvalue weighted by Gasteiger charge is 2.25. The van der Waals surface area contributed by atoms with Gasteiger partial charge in [0.2, 0.25) is 0 Å². The predicted octanol–water partition coefficient (Wildman–Crippen LogP) is 2.69. The molecule has 136 valence electrons. The number of thioether (sulfide) groups is 1. The molecule has 1 saturated heterocycles. The van der Waals surface area contributed by atoms with E-state index >= 15 is 0 Å². The second-order valence-electron chi connectivity index (χ2n) is 5.96. The topological polar surface area (TPSA) is 68.5 Å². The first-order valence-corrected chi connectivity index (χ1v) is 9.67. The molecule has 2 N–H and O–H groups in total. The Morgan fingerprint density at radius 1 is 1.31 bits per heavy atom. The number of carbonyl (C=O) groups excluding carboxylic acids is 1. The van der Waals surface area contributed by atoms with Gasteiger partial charge in [-0.3, -0.25) is 4.79 Å². The number of rotatable bonds is 6. The monoisotopic (exact) mass is 369 g/mol. The van der Waals surface area contributed by atoms with Gasteiger partial charge < -0.3 is 15.4 Å². The summed E-state index contributed by atoms with van der Waals surface area (Å²) in [6.07, 6.45) is 5.80. The minimum Gasteiger partial charge on any atom is -0.373 e. The molecule has 3 rings (SSSR count). The molecule has 5 nitrogen and oxygen atoms in total. The zero-order chi connectivity index (χ0) is 18.2. The minimum atomic E-state index is -0.0886. The van der Waals surface area contributed by atoms with Gasteiger partial charge in [-0.2, -0.15) is 0 Å². The molecule has 1 aliphatic rings. The van der Waals surface area contributed by atoms with Crippen molar-refractivity contribution in [2.75, 3.05) is 32.0 Å². The van der Waals surface area contributed by atoms with Gasteiger partial charge in [0.25, 0.3) is 5.91 Å². The van der Waals surface area contributed by atoms with Crippen LogP contribution in [0.5, 0.6) is 0 Å². The Morgan fingerprint density at radius 2 is 2.15 bits per heavy atom. The Balaban J connectivity index is 1.64. The smallest absolute Gasteiger partial charge is 0.256 e. The van der Waals surface area contributed by atoms with Gasteiger partial charge in [0.05, 0.1) is 18.3 Å². The SMILES string of the molecule is NCC1CN(C(=O)c2cccnc2SC/C=C/c2ccccc2)CCO1. The van der Waals surface area contributed by atoms with Crippen LogP contribution in [0.1, 0.15) is 15.9 Å². The fourth-order valence-corrected chi connectivity index (χ4v) is 3.56. The average Bonchev–Trinajstić information content (AvgIpc) is 2.72. The predicted molar refractivity (Wildman–Crippen MR) is 105 cm³/mol. The van der Waals surface area contributed by atoms with Crippen molar-refractivity contribution in [2.24, 2.45) is 5.73 Å². The Bertz CT molecular complexity index is 752. The van der Waals surface area contributed by atoms with Gasteiger partial charge in [0, 0.05) is 31.6 Å². The van der Waals surface area contributed by atoms with Crippen LogP contribution in [0, 0.1) is 0 Å². The van der Waals surface area contributed by atoms with Crippen molar-refractivity contribution in [2.45, 2.75) is 11.1 Å². The lowest BCUT2D eigenvalue weighted by molar-refractivity contribution is -0.0169. The lowest BCUT2D eigenvalue weighted by Crippen LogP contribution is -2.48. The summed E-state index contributed by atoms with van der Waals surface area (Å²) in [5.41, 5.74) is 7.48. The normalized spacial score (nSPS) is 17.6. The van der Waals surface area contributed by atoms with E-state index in [1.807, 2.05) is 29.2 Å². The van der Waals surface area contributed by atoms with Crippen molar-refractivity contribution >= 4 is 23.7 Å². The van der Waals surface area contributed by atoms with Crippen LogP contribution in [-0.4, -0.2) is 53.9 Å². The van der Waals surface area contributed by atoms with E-state index in [4.69, 9.17) is 10.5 Å². The van der Waals surface area contributed by atoms with E-state index in [0.717, 1.165) is 16.3 Å². The van der Waals surface area contributed by atoms with Crippen LogP contribution in [0.25, 0.3) is 6.08 Å². The summed E-state index contributed by atoms with van der Waals surface area (Å²) in [6, 6.07) is 13.8. The van der Waals surface area contributed by atoms with E-state index in [0.29, 0.717) is 31.8 Å². The molecule has 1 amide bonds. The van der Waals surface area contributed by atoms with Crippen molar-refractivity contribution in [3.63, 3.8) is 0 Å². The Hall–Kier alpha value is -2.15. The van der Waals surface area contributed by atoms with Gasteiger partial charge in [0.1, 0.15) is 5.03 Å². The van der Waals surface area contributed by atoms with Crippen LogP contribution in [0.4, 0.5) is 0 Å². The number of morpholine rings is 1. The van der Waals surface area contributed by atoms with E-state index in [9.17, 15) is 4.79 Å². The summed E-state index contributed by atoms with van der Waals surface area (Å²) in [4.78, 5) is 19.1. The maximum atomic E-state index is 12.9. The van der Waals surface area contributed by atoms with E-state index in [2.05, 4.69) is 29.3 Å². The van der Waals surface area contributed by atoms with E-state index < -0.39 is 0 Å². The molecular formula is C20H23N3O2S. The number of pyridine rings is 1. The van der Waals surface area contributed by atoms with Crippen LogP contribution in [0.15, 0.2) is 59.8 Å². The second-order valence-corrected chi connectivity index (χ2v) is 6.97. The summed E-state index contributed by atoms with van der Waals surface area (Å²) in [6.45, 7) is 2.06. The van der Waals surface area contributed by atoms with E-state index in [1.165, 1.54) is 0 Å². The molecule has 0 aliphatic carbocycles. The van der Waals surface area contributed by atoms with E-state index in [1.54, 1.807) is 24.0 Å². The number of nitrogens with two attached hydrogens (primary N) is 1. The molecule has 0 radical (unpaired) electrons. The fraction of sp³-hybridized carbons (Fsp3) is 0.300. The van der Waals surface area contributed by atoms with Crippen molar-refractivity contribution < 1.29 is 9.53 Å². The summed E-state index contributed by atoms with van der Waals surface area (Å²) in [7, 11) is 0. The number of carbonyl (C=O) groups is 1. The van der Waals surface area contributed by atoms with Gasteiger partial charge in [-0.1, -0.05) is 42.5 Å².